The monoisotopic (exact) mass is 426 g/mol. The van der Waals surface area contributed by atoms with Crippen LogP contribution in [0.25, 0.3) is 0 Å². The molecule has 0 spiro atoms. The third-order valence-electron chi connectivity index (χ3n) is 3.78. The minimum atomic E-state index is -3.71. The van der Waals surface area contributed by atoms with Crippen LogP contribution >= 0.6 is 11.6 Å². The van der Waals surface area contributed by atoms with E-state index in [1.54, 1.807) is 19.1 Å². The number of amides is 1. The number of para-hydroxylation sites is 1. The summed E-state index contributed by atoms with van der Waals surface area (Å²) in [5.41, 5.74) is 0.485. The van der Waals surface area contributed by atoms with Gasteiger partial charge < -0.3 is 15.2 Å². The Morgan fingerprint density at radius 1 is 1.21 bits per heavy atom. The molecule has 0 saturated heterocycles. The van der Waals surface area contributed by atoms with E-state index in [1.807, 2.05) is 0 Å². The quantitative estimate of drug-likeness (QED) is 0.686. The van der Waals surface area contributed by atoms with Crippen LogP contribution < -0.4 is 5.32 Å². The highest BCUT2D eigenvalue weighted by Gasteiger charge is 2.20. The lowest BCUT2D eigenvalue weighted by molar-refractivity contribution is -0.119. The number of carbonyl (C=O) groups is 2. The molecule has 1 amide bonds. The molecule has 0 unspecified atom stereocenters. The van der Waals surface area contributed by atoms with E-state index >= 15 is 0 Å². The molecule has 2 N–H and O–H groups in total. The maximum absolute atomic E-state index is 12.2. The largest absolute Gasteiger partial charge is 0.507 e. The number of aryl methyl sites for hydroxylation is 1. The van der Waals surface area contributed by atoms with Crippen molar-refractivity contribution in [1.29, 1.82) is 0 Å². The number of nitrogens with zero attached hydrogens (tertiary/aromatic N) is 1. The van der Waals surface area contributed by atoms with Gasteiger partial charge in [-0.05, 0) is 36.8 Å². The first-order valence-electron chi connectivity index (χ1n) is 8.01. The van der Waals surface area contributed by atoms with Crippen LogP contribution in [0.4, 0.5) is 5.69 Å². The number of ether oxygens (including phenoxy) is 1. The third-order valence-corrected chi connectivity index (χ3v) is 5.92. The number of esters is 1. The van der Waals surface area contributed by atoms with Crippen LogP contribution in [0.3, 0.4) is 0 Å². The normalized spacial score (nSPS) is 11.3. The predicted octanol–water partition coefficient (Wildman–Crippen LogP) is 2.40. The standard InChI is InChI=1S/C18H19ClN2O6S/c1-11-5-4-6-13(17(11)23)18(24)27-10-16(22)20-15-9-12(7-8-14(15)19)28(25,26)21(2)3/h4-9,23H,10H2,1-3H3,(H,20,22). The zero-order valence-corrected chi connectivity index (χ0v) is 17.0. The highest BCUT2D eigenvalue weighted by atomic mass is 35.5. The van der Waals surface area contributed by atoms with Gasteiger partial charge in [0.25, 0.3) is 5.91 Å². The first-order valence-corrected chi connectivity index (χ1v) is 9.83. The maximum atomic E-state index is 12.2. The molecule has 0 radical (unpaired) electrons. The average molecular weight is 427 g/mol. The average Bonchev–Trinajstić information content (AvgIpc) is 2.63. The van der Waals surface area contributed by atoms with E-state index in [2.05, 4.69) is 5.32 Å². The summed E-state index contributed by atoms with van der Waals surface area (Å²) < 4.78 is 30.3. The molecule has 8 nitrogen and oxygen atoms in total. The number of anilines is 1. The number of benzene rings is 2. The molecule has 0 heterocycles. The number of carbonyl (C=O) groups excluding carboxylic acids is 2. The Hall–Kier alpha value is -2.62. The molecule has 2 rings (SSSR count). The summed E-state index contributed by atoms with van der Waals surface area (Å²) in [5, 5.41) is 12.4. The lowest BCUT2D eigenvalue weighted by Gasteiger charge is -2.14. The van der Waals surface area contributed by atoms with Crippen LogP contribution in [-0.2, 0) is 19.6 Å². The molecule has 0 saturated carbocycles. The van der Waals surface area contributed by atoms with Gasteiger partial charge in [0.15, 0.2) is 6.61 Å². The fraction of sp³-hybridized carbons (Fsp3) is 0.222. The van der Waals surface area contributed by atoms with E-state index in [0.29, 0.717) is 5.56 Å². The Kier molecular flexibility index (Phi) is 6.65. The predicted molar refractivity (Wildman–Crippen MR) is 104 cm³/mol. The Morgan fingerprint density at radius 2 is 1.89 bits per heavy atom. The highest BCUT2D eigenvalue weighted by molar-refractivity contribution is 7.89. The van der Waals surface area contributed by atoms with E-state index in [0.717, 1.165) is 4.31 Å². The molecular weight excluding hydrogens is 408 g/mol. The van der Waals surface area contributed by atoms with Gasteiger partial charge in [0.2, 0.25) is 10.0 Å². The number of halogens is 1. The number of aromatic hydroxyl groups is 1. The van der Waals surface area contributed by atoms with Crippen LogP contribution in [0, 0.1) is 6.92 Å². The molecule has 0 fully saturated rings. The van der Waals surface area contributed by atoms with Crippen molar-refractivity contribution < 1.29 is 27.9 Å². The summed E-state index contributed by atoms with van der Waals surface area (Å²) in [5.74, 6) is -1.81. The number of sulfonamides is 1. The second-order valence-electron chi connectivity index (χ2n) is 6.02. The SMILES string of the molecule is Cc1cccc(C(=O)OCC(=O)Nc2cc(S(=O)(=O)N(C)C)ccc2Cl)c1O. The second-order valence-corrected chi connectivity index (χ2v) is 8.58. The number of hydrogen-bond donors (Lipinski definition) is 2. The topological polar surface area (TPSA) is 113 Å². The molecule has 28 heavy (non-hydrogen) atoms. The molecule has 0 aliphatic rings. The summed E-state index contributed by atoms with van der Waals surface area (Å²) in [6.45, 7) is 0.975. The molecule has 150 valence electrons. The van der Waals surface area contributed by atoms with E-state index in [4.69, 9.17) is 16.3 Å². The third kappa shape index (κ3) is 4.80. The van der Waals surface area contributed by atoms with Crippen molar-refractivity contribution in [3.05, 3.63) is 52.5 Å². The lowest BCUT2D eigenvalue weighted by Crippen LogP contribution is -2.23. The van der Waals surface area contributed by atoms with Crippen molar-refractivity contribution in [3.8, 4) is 5.75 Å². The summed E-state index contributed by atoms with van der Waals surface area (Å²) >= 11 is 6.00. The fourth-order valence-electron chi connectivity index (χ4n) is 2.19. The number of nitrogens with one attached hydrogen (secondary N) is 1. The van der Waals surface area contributed by atoms with Gasteiger partial charge in [0.1, 0.15) is 11.3 Å². The highest BCUT2D eigenvalue weighted by Crippen LogP contribution is 2.26. The van der Waals surface area contributed by atoms with Crippen molar-refractivity contribution >= 4 is 39.2 Å². The molecule has 0 aliphatic carbocycles. The van der Waals surface area contributed by atoms with Crippen molar-refractivity contribution in [2.45, 2.75) is 11.8 Å². The van der Waals surface area contributed by atoms with Gasteiger partial charge in [-0.25, -0.2) is 17.5 Å². The summed E-state index contributed by atoms with van der Waals surface area (Å²) in [4.78, 5) is 24.1. The summed E-state index contributed by atoms with van der Waals surface area (Å²) in [7, 11) is -0.958. The van der Waals surface area contributed by atoms with E-state index < -0.39 is 28.5 Å². The molecule has 10 heteroatoms. The number of hydrogen-bond acceptors (Lipinski definition) is 6. The van der Waals surface area contributed by atoms with Crippen LogP contribution in [0.15, 0.2) is 41.3 Å². The fourth-order valence-corrected chi connectivity index (χ4v) is 3.28. The van der Waals surface area contributed by atoms with Crippen molar-refractivity contribution in [1.82, 2.24) is 4.31 Å². The maximum Gasteiger partial charge on any atom is 0.342 e. The smallest absolute Gasteiger partial charge is 0.342 e. The van der Waals surface area contributed by atoms with Crippen molar-refractivity contribution in [2.75, 3.05) is 26.0 Å². The first kappa shape index (κ1) is 21.7. The van der Waals surface area contributed by atoms with Gasteiger partial charge in [-0.2, -0.15) is 0 Å². The number of phenols is 1. The van der Waals surface area contributed by atoms with Crippen molar-refractivity contribution in [3.63, 3.8) is 0 Å². The second kappa shape index (κ2) is 8.59. The van der Waals surface area contributed by atoms with E-state index in [1.165, 1.54) is 38.4 Å². The molecule has 0 bridgehead atoms. The van der Waals surface area contributed by atoms with Gasteiger partial charge in [-0.15, -0.1) is 0 Å². The van der Waals surface area contributed by atoms with Gasteiger partial charge in [0.05, 0.1) is 15.6 Å². The van der Waals surface area contributed by atoms with Crippen molar-refractivity contribution in [2.24, 2.45) is 0 Å². The van der Waals surface area contributed by atoms with Crippen LogP contribution in [0.5, 0.6) is 5.75 Å². The Balaban J connectivity index is 2.09. The summed E-state index contributed by atoms with van der Waals surface area (Å²) in [6.07, 6.45) is 0. The van der Waals surface area contributed by atoms with E-state index in [-0.39, 0.29) is 26.9 Å². The minimum absolute atomic E-state index is 0.0566. The molecule has 0 aromatic heterocycles. The minimum Gasteiger partial charge on any atom is -0.507 e. The Bertz CT molecular complexity index is 1020. The van der Waals surface area contributed by atoms with E-state index in [9.17, 15) is 23.1 Å². The molecule has 0 aliphatic heterocycles. The van der Waals surface area contributed by atoms with Gasteiger partial charge in [-0.1, -0.05) is 23.7 Å². The molecule has 2 aromatic carbocycles. The molecular formula is C18H19ClN2O6S. The first-order chi connectivity index (χ1) is 13.0. The van der Waals surface area contributed by atoms with Crippen LogP contribution in [-0.4, -0.2) is 50.4 Å². The number of phenolic OH excluding ortho intramolecular Hbond substituents is 1. The zero-order valence-electron chi connectivity index (χ0n) is 15.4. The van der Waals surface area contributed by atoms with Gasteiger partial charge in [-0.3, -0.25) is 4.79 Å². The molecule has 0 atom stereocenters. The van der Waals surface area contributed by atoms with Crippen LogP contribution in [0.2, 0.25) is 5.02 Å². The van der Waals surface area contributed by atoms with Gasteiger partial charge in [0, 0.05) is 14.1 Å². The zero-order chi connectivity index (χ0) is 21.1. The molecule has 2 aromatic rings. The van der Waals surface area contributed by atoms with Crippen LogP contribution in [0.1, 0.15) is 15.9 Å². The lowest BCUT2D eigenvalue weighted by atomic mass is 10.1. The number of rotatable bonds is 6. The summed E-state index contributed by atoms with van der Waals surface area (Å²) in [6, 6.07) is 8.43. The Morgan fingerprint density at radius 3 is 2.54 bits per heavy atom. The van der Waals surface area contributed by atoms with Gasteiger partial charge >= 0.3 is 5.97 Å². The Labute approximate surface area is 167 Å².